The third kappa shape index (κ3) is 5.23. The molecule has 10 nitrogen and oxygen atoms in total. The third-order valence-corrected chi connectivity index (χ3v) is 8.26. The van der Waals surface area contributed by atoms with Crippen LogP contribution in [0.3, 0.4) is 0 Å². The van der Waals surface area contributed by atoms with Crippen LogP contribution in [0.5, 0.6) is 0 Å². The Morgan fingerprint density at radius 2 is 2.07 bits per heavy atom. The van der Waals surface area contributed by atoms with Crippen LogP contribution in [0.2, 0.25) is 0 Å². The normalized spacial score (nSPS) is 31.4. The Bertz CT molecular complexity index is 904. The molecule has 1 spiro atoms. The van der Waals surface area contributed by atoms with Gasteiger partial charge in [-0.3, -0.25) is 9.59 Å². The number of nitrogens with zero attached hydrogens (tertiary/aromatic N) is 5. The van der Waals surface area contributed by atoms with E-state index in [9.17, 15) is 13.8 Å². The molecule has 1 aromatic rings. The molecule has 30 heavy (non-hydrogen) atoms. The molecule has 0 radical (unpaired) electrons. The van der Waals surface area contributed by atoms with Crippen molar-refractivity contribution in [1.82, 2.24) is 25.5 Å². The van der Waals surface area contributed by atoms with E-state index in [0.717, 1.165) is 32.1 Å². The van der Waals surface area contributed by atoms with Gasteiger partial charge < -0.3 is 10.1 Å². The van der Waals surface area contributed by atoms with Crippen LogP contribution in [-0.2, 0) is 30.6 Å². The Hall–Kier alpha value is -1.88. The fourth-order valence-electron chi connectivity index (χ4n) is 4.20. The highest BCUT2D eigenvalue weighted by molar-refractivity contribution is 7.93. The lowest BCUT2D eigenvalue weighted by Gasteiger charge is -2.44. The van der Waals surface area contributed by atoms with E-state index in [0.29, 0.717) is 49.1 Å². The summed E-state index contributed by atoms with van der Waals surface area (Å²) in [5.41, 5.74) is -0.380. The number of amides is 2. The van der Waals surface area contributed by atoms with Crippen LogP contribution in [0.1, 0.15) is 70.0 Å². The number of hydrogen-bond donors (Lipinski definition) is 1. The summed E-state index contributed by atoms with van der Waals surface area (Å²) in [5.74, 6) is 1.28. The number of nitrogens with one attached hydrogen (secondary N) is 1. The van der Waals surface area contributed by atoms with Gasteiger partial charge in [-0.05, 0) is 50.2 Å². The molecule has 3 aliphatic rings. The van der Waals surface area contributed by atoms with Crippen molar-refractivity contribution in [2.24, 2.45) is 4.36 Å². The predicted octanol–water partition coefficient (Wildman–Crippen LogP) is 1.17. The van der Waals surface area contributed by atoms with Gasteiger partial charge in [-0.1, -0.05) is 6.92 Å². The topological polar surface area (TPSA) is 128 Å². The number of aromatic nitrogens is 4. The van der Waals surface area contributed by atoms with Gasteiger partial charge in [0.1, 0.15) is 6.54 Å². The predicted molar refractivity (Wildman–Crippen MR) is 109 cm³/mol. The lowest BCUT2D eigenvalue weighted by molar-refractivity contribution is -0.126. The van der Waals surface area contributed by atoms with Gasteiger partial charge in [0, 0.05) is 36.5 Å². The molecule has 2 saturated heterocycles. The van der Waals surface area contributed by atoms with Crippen molar-refractivity contribution in [2.75, 3.05) is 18.1 Å². The molecule has 1 atom stereocenters. The number of rotatable bonds is 6. The maximum absolute atomic E-state index is 13.1. The van der Waals surface area contributed by atoms with Gasteiger partial charge >= 0.3 is 0 Å². The molecule has 1 unspecified atom stereocenters. The smallest absolute Gasteiger partial charge is 0.277 e. The average Bonchev–Trinajstić information content (AvgIpc) is 3.45. The summed E-state index contributed by atoms with van der Waals surface area (Å²) in [4.78, 5) is 25.5. The van der Waals surface area contributed by atoms with Crippen LogP contribution in [0, 0.1) is 0 Å². The largest absolute Gasteiger partial charge is 0.375 e. The first-order valence-electron chi connectivity index (χ1n) is 10.8. The van der Waals surface area contributed by atoms with Gasteiger partial charge in [-0.25, -0.2) is 4.21 Å². The zero-order valence-corrected chi connectivity index (χ0v) is 18.2. The number of tetrazole rings is 1. The van der Waals surface area contributed by atoms with Crippen molar-refractivity contribution in [3.05, 3.63) is 5.82 Å². The van der Waals surface area contributed by atoms with Crippen LogP contribution < -0.4 is 5.32 Å². The van der Waals surface area contributed by atoms with Gasteiger partial charge in [0.05, 0.1) is 15.3 Å². The second kappa shape index (κ2) is 8.70. The maximum Gasteiger partial charge on any atom is 0.277 e. The fourth-order valence-corrected chi connectivity index (χ4v) is 6.40. The molecule has 1 aromatic heterocycles. The minimum absolute atomic E-state index is 0.0753. The first-order valence-corrected chi connectivity index (χ1v) is 12.7. The van der Waals surface area contributed by atoms with E-state index in [1.807, 2.05) is 6.92 Å². The molecular weight excluding hydrogens is 408 g/mol. The summed E-state index contributed by atoms with van der Waals surface area (Å²) in [6.07, 6.45) is 6.15. The van der Waals surface area contributed by atoms with Crippen LogP contribution in [0.4, 0.5) is 0 Å². The molecular formula is C19H30N6O4S. The Morgan fingerprint density at radius 1 is 1.30 bits per heavy atom. The summed E-state index contributed by atoms with van der Waals surface area (Å²) in [7, 11) is -2.61. The van der Waals surface area contributed by atoms with E-state index in [2.05, 4.69) is 25.1 Å². The molecule has 166 valence electrons. The van der Waals surface area contributed by atoms with Crippen molar-refractivity contribution in [1.29, 1.82) is 0 Å². The highest BCUT2D eigenvalue weighted by atomic mass is 32.2. The Balaban J connectivity index is 1.33. The zero-order chi connectivity index (χ0) is 21.2. The number of carbonyl (C=O) groups excluding carboxylic acids is 2. The average molecular weight is 439 g/mol. The summed E-state index contributed by atoms with van der Waals surface area (Å²) in [6, 6.07) is 0.0876. The van der Waals surface area contributed by atoms with Crippen LogP contribution >= 0.6 is 0 Å². The van der Waals surface area contributed by atoms with Crippen LogP contribution in [0.25, 0.3) is 0 Å². The van der Waals surface area contributed by atoms with Crippen LogP contribution in [0.15, 0.2) is 4.36 Å². The van der Waals surface area contributed by atoms with Crippen molar-refractivity contribution < 1.29 is 18.5 Å². The van der Waals surface area contributed by atoms with Crippen molar-refractivity contribution in [2.45, 2.75) is 82.4 Å². The molecule has 4 rings (SSSR count). The van der Waals surface area contributed by atoms with Crippen molar-refractivity contribution in [3.8, 4) is 0 Å². The van der Waals surface area contributed by atoms with Gasteiger partial charge in [-0.15, -0.1) is 10.2 Å². The lowest BCUT2D eigenvalue weighted by Crippen LogP contribution is -2.51. The second-order valence-corrected chi connectivity index (χ2v) is 11.2. The highest BCUT2D eigenvalue weighted by Gasteiger charge is 2.42. The standard InChI is InChI=1S/C19H30N6O4S/c1-2-3-16(26)20-15-6-9-29-19(12-15)7-10-30(28,11-8-19)23-17(27)13-25-22-18(21-24-25)14-4-5-14/h14-15H,2-13H2,1H3,(H,20,26). The Morgan fingerprint density at radius 3 is 2.77 bits per heavy atom. The third-order valence-electron chi connectivity index (χ3n) is 6.04. The van der Waals surface area contributed by atoms with E-state index in [1.165, 1.54) is 4.80 Å². The second-order valence-electron chi connectivity index (χ2n) is 8.66. The molecule has 3 heterocycles. The van der Waals surface area contributed by atoms with Gasteiger partial charge in [0.2, 0.25) is 5.91 Å². The van der Waals surface area contributed by atoms with E-state index < -0.39 is 15.6 Å². The van der Waals surface area contributed by atoms with Crippen LogP contribution in [-0.4, -0.2) is 66.0 Å². The lowest BCUT2D eigenvalue weighted by atomic mass is 9.85. The van der Waals surface area contributed by atoms with E-state index in [4.69, 9.17) is 4.74 Å². The first-order chi connectivity index (χ1) is 14.4. The molecule has 3 fully saturated rings. The van der Waals surface area contributed by atoms with Crippen molar-refractivity contribution in [3.63, 3.8) is 0 Å². The van der Waals surface area contributed by atoms with E-state index >= 15 is 0 Å². The van der Waals surface area contributed by atoms with Gasteiger partial charge in [-0.2, -0.15) is 9.16 Å². The number of carbonyl (C=O) groups is 2. The van der Waals surface area contributed by atoms with Gasteiger partial charge in [0.15, 0.2) is 5.82 Å². The number of hydrogen-bond acceptors (Lipinski definition) is 7. The fraction of sp³-hybridized carbons (Fsp3) is 0.842. The molecule has 2 amide bonds. The summed E-state index contributed by atoms with van der Waals surface area (Å²) >= 11 is 0. The summed E-state index contributed by atoms with van der Waals surface area (Å²) in [6.45, 7) is 2.43. The minimum atomic E-state index is -2.61. The summed E-state index contributed by atoms with van der Waals surface area (Å²) in [5, 5.41) is 15.2. The quantitative estimate of drug-likeness (QED) is 0.706. The molecule has 0 bridgehead atoms. The molecule has 1 saturated carbocycles. The molecule has 1 N–H and O–H groups in total. The minimum Gasteiger partial charge on any atom is -0.375 e. The Kier molecular flexibility index (Phi) is 6.19. The van der Waals surface area contributed by atoms with E-state index in [1.54, 1.807) is 0 Å². The SMILES string of the molecule is CCCC(=O)NC1CCOC2(CCS(=O)(=NC(=O)Cn3nnc(C4CC4)n3)CC2)C1. The molecule has 2 aliphatic heterocycles. The maximum atomic E-state index is 13.1. The van der Waals surface area contributed by atoms with Crippen molar-refractivity contribution >= 4 is 21.5 Å². The zero-order valence-electron chi connectivity index (χ0n) is 17.4. The molecule has 0 aromatic carbocycles. The first kappa shape index (κ1) is 21.4. The Labute approximate surface area is 176 Å². The number of ether oxygens (including phenoxy) is 1. The summed E-state index contributed by atoms with van der Waals surface area (Å²) < 4.78 is 23.2. The molecule has 11 heteroatoms. The van der Waals surface area contributed by atoms with Gasteiger partial charge in [0.25, 0.3) is 5.91 Å². The molecule has 1 aliphatic carbocycles. The monoisotopic (exact) mass is 438 g/mol. The highest BCUT2D eigenvalue weighted by Crippen LogP contribution is 2.38. The van der Waals surface area contributed by atoms with E-state index in [-0.39, 0.29) is 24.1 Å².